The number of nitrogens with zero attached hydrogens (tertiary/aromatic N) is 2. The van der Waals surface area contributed by atoms with Crippen LogP contribution in [-0.2, 0) is 16.1 Å². The van der Waals surface area contributed by atoms with Crippen LogP contribution in [0.2, 0.25) is 5.02 Å². The normalized spacial score (nSPS) is 15.4. The molecule has 0 radical (unpaired) electrons. The predicted molar refractivity (Wildman–Crippen MR) is 135 cm³/mol. The average molecular weight is 472 g/mol. The molecule has 0 bridgehead atoms. The SMILES string of the molecule is O=C1NC(=S)N(c2ccc(Cl)cc2)C(=O)C1=Cc1cn(Cc2ccccc2)c2ccccc12. The summed E-state index contributed by atoms with van der Waals surface area (Å²) in [4.78, 5) is 27.4. The lowest BCUT2D eigenvalue weighted by molar-refractivity contribution is -0.122. The molecule has 33 heavy (non-hydrogen) atoms. The molecule has 0 saturated carbocycles. The fourth-order valence-electron chi connectivity index (χ4n) is 3.94. The molecule has 5 nitrogen and oxygen atoms in total. The third kappa shape index (κ3) is 4.06. The number of para-hydroxylation sites is 1. The van der Waals surface area contributed by atoms with Crippen molar-refractivity contribution < 1.29 is 9.59 Å². The van der Waals surface area contributed by atoms with E-state index in [4.69, 9.17) is 23.8 Å². The van der Waals surface area contributed by atoms with E-state index in [1.165, 1.54) is 4.90 Å². The molecule has 0 aliphatic carbocycles. The third-order valence-corrected chi connectivity index (χ3v) is 6.04. The van der Waals surface area contributed by atoms with Crippen molar-refractivity contribution in [2.45, 2.75) is 6.54 Å². The summed E-state index contributed by atoms with van der Waals surface area (Å²) in [5.41, 5.74) is 3.50. The molecular weight excluding hydrogens is 454 g/mol. The Morgan fingerprint density at radius 3 is 2.36 bits per heavy atom. The second-order valence-electron chi connectivity index (χ2n) is 7.65. The van der Waals surface area contributed by atoms with E-state index in [1.54, 1.807) is 30.3 Å². The summed E-state index contributed by atoms with van der Waals surface area (Å²) in [6.45, 7) is 0.672. The minimum atomic E-state index is -0.518. The summed E-state index contributed by atoms with van der Waals surface area (Å²) in [5, 5.41) is 4.16. The van der Waals surface area contributed by atoms with E-state index in [9.17, 15) is 9.59 Å². The molecule has 1 fully saturated rings. The molecule has 1 aromatic heterocycles. The minimum Gasteiger partial charge on any atom is -0.342 e. The van der Waals surface area contributed by atoms with Crippen molar-refractivity contribution in [3.63, 3.8) is 0 Å². The van der Waals surface area contributed by atoms with Crippen LogP contribution in [0.4, 0.5) is 5.69 Å². The summed E-state index contributed by atoms with van der Waals surface area (Å²) in [6, 6.07) is 24.8. The maximum absolute atomic E-state index is 13.3. The molecule has 0 spiro atoms. The lowest BCUT2D eigenvalue weighted by Gasteiger charge is -2.28. The van der Waals surface area contributed by atoms with E-state index in [2.05, 4.69) is 22.0 Å². The van der Waals surface area contributed by atoms with Gasteiger partial charge in [-0.05, 0) is 54.2 Å². The van der Waals surface area contributed by atoms with Crippen LogP contribution in [0, 0.1) is 0 Å². The van der Waals surface area contributed by atoms with Gasteiger partial charge in [0.2, 0.25) is 0 Å². The predicted octanol–water partition coefficient (Wildman–Crippen LogP) is 5.17. The zero-order chi connectivity index (χ0) is 22.9. The molecule has 3 aromatic carbocycles. The van der Waals surface area contributed by atoms with Crippen LogP contribution in [0.15, 0.2) is 90.6 Å². The maximum atomic E-state index is 13.3. The summed E-state index contributed by atoms with van der Waals surface area (Å²) < 4.78 is 2.11. The highest BCUT2D eigenvalue weighted by Gasteiger charge is 2.34. The van der Waals surface area contributed by atoms with Crippen LogP contribution in [-0.4, -0.2) is 21.5 Å². The average Bonchev–Trinajstić information content (AvgIpc) is 3.16. The van der Waals surface area contributed by atoms with Gasteiger partial charge < -0.3 is 4.57 Å². The topological polar surface area (TPSA) is 54.3 Å². The van der Waals surface area contributed by atoms with Gasteiger partial charge in [0.25, 0.3) is 11.8 Å². The zero-order valence-electron chi connectivity index (χ0n) is 17.4. The van der Waals surface area contributed by atoms with Crippen LogP contribution >= 0.6 is 23.8 Å². The van der Waals surface area contributed by atoms with Crippen molar-refractivity contribution in [3.05, 3.63) is 107 Å². The molecule has 1 N–H and O–H groups in total. The molecule has 0 unspecified atom stereocenters. The summed E-state index contributed by atoms with van der Waals surface area (Å²) in [5.74, 6) is -0.999. The number of halogens is 1. The lowest BCUT2D eigenvalue weighted by atomic mass is 10.1. The zero-order valence-corrected chi connectivity index (χ0v) is 18.9. The number of amides is 2. The standard InChI is InChI=1S/C26H18ClN3O2S/c27-19-10-12-20(13-11-19)30-25(32)22(24(31)28-26(30)33)14-18-16-29(15-17-6-2-1-3-7-17)23-9-5-4-8-21(18)23/h1-14,16H,15H2,(H,28,31,33). The number of anilines is 1. The van der Waals surface area contributed by atoms with Crippen LogP contribution < -0.4 is 10.2 Å². The number of nitrogens with one attached hydrogen (secondary N) is 1. The molecule has 1 aliphatic rings. The van der Waals surface area contributed by atoms with Crippen molar-refractivity contribution in [2.24, 2.45) is 0 Å². The van der Waals surface area contributed by atoms with E-state index >= 15 is 0 Å². The quantitative estimate of drug-likeness (QED) is 0.253. The smallest absolute Gasteiger partial charge is 0.270 e. The molecule has 5 rings (SSSR count). The van der Waals surface area contributed by atoms with Crippen LogP contribution in [0.3, 0.4) is 0 Å². The Bertz CT molecular complexity index is 1430. The molecule has 1 saturated heterocycles. The fraction of sp³-hybridized carbons (Fsp3) is 0.0385. The first-order valence-corrected chi connectivity index (χ1v) is 11.1. The van der Waals surface area contributed by atoms with Gasteiger partial charge in [0.15, 0.2) is 5.11 Å². The van der Waals surface area contributed by atoms with Crippen molar-refractivity contribution in [1.82, 2.24) is 9.88 Å². The fourth-order valence-corrected chi connectivity index (χ4v) is 4.35. The second-order valence-corrected chi connectivity index (χ2v) is 8.47. The number of carbonyl (C=O) groups excluding carboxylic acids is 2. The van der Waals surface area contributed by atoms with Crippen molar-refractivity contribution in [3.8, 4) is 0 Å². The molecule has 7 heteroatoms. The molecule has 2 amide bonds. The Hall–Kier alpha value is -3.74. The third-order valence-electron chi connectivity index (χ3n) is 5.50. The van der Waals surface area contributed by atoms with Gasteiger partial charge in [-0.3, -0.25) is 19.8 Å². The number of aromatic nitrogens is 1. The van der Waals surface area contributed by atoms with Gasteiger partial charge in [-0.15, -0.1) is 0 Å². The van der Waals surface area contributed by atoms with Gasteiger partial charge >= 0.3 is 0 Å². The highest BCUT2D eigenvalue weighted by molar-refractivity contribution is 7.80. The summed E-state index contributed by atoms with van der Waals surface area (Å²) >= 11 is 11.3. The number of fused-ring (bicyclic) bond motifs is 1. The van der Waals surface area contributed by atoms with Crippen molar-refractivity contribution in [2.75, 3.05) is 4.90 Å². The first kappa shape index (κ1) is 21.1. The largest absolute Gasteiger partial charge is 0.342 e. The Labute approximate surface area is 200 Å². The van der Waals surface area contributed by atoms with Gasteiger partial charge in [0.05, 0.1) is 5.69 Å². The van der Waals surface area contributed by atoms with Crippen LogP contribution in [0.25, 0.3) is 17.0 Å². The molecular formula is C26H18ClN3O2S. The van der Waals surface area contributed by atoms with Crippen molar-refractivity contribution in [1.29, 1.82) is 0 Å². The number of benzene rings is 3. The molecule has 4 aromatic rings. The number of thiocarbonyl (C=S) groups is 1. The van der Waals surface area contributed by atoms with E-state index in [-0.39, 0.29) is 10.7 Å². The van der Waals surface area contributed by atoms with Gasteiger partial charge in [-0.1, -0.05) is 60.1 Å². The maximum Gasteiger partial charge on any atom is 0.270 e. The monoisotopic (exact) mass is 471 g/mol. The molecule has 162 valence electrons. The Balaban J connectivity index is 1.57. The highest BCUT2D eigenvalue weighted by Crippen LogP contribution is 2.27. The van der Waals surface area contributed by atoms with E-state index in [1.807, 2.05) is 48.7 Å². The summed E-state index contributed by atoms with van der Waals surface area (Å²) in [7, 11) is 0. The van der Waals surface area contributed by atoms with E-state index in [0.717, 1.165) is 22.0 Å². The summed E-state index contributed by atoms with van der Waals surface area (Å²) in [6.07, 6.45) is 3.59. The second kappa shape index (κ2) is 8.65. The number of rotatable bonds is 4. The Morgan fingerprint density at radius 2 is 1.61 bits per heavy atom. The first-order valence-electron chi connectivity index (χ1n) is 10.3. The van der Waals surface area contributed by atoms with E-state index < -0.39 is 11.8 Å². The molecule has 0 atom stereocenters. The lowest BCUT2D eigenvalue weighted by Crippen LogP contribution is -2.54. The molecule has 2 heterocycles. The van der Waals surface area contributed by atoms with Gasteiger partial charge in [0.1, 0.15) is 5.57 Å². The number of hydrogen-bond donors (Lipinski definition) is 1. The van der Waals surface area contributed by atoms with Gasteiger partial charge in [0, 0.05) is 34.2 Å². The highest BCUT2D eigenvalue weighted by atomic mass is 35.5. The Morgan fingerprint density at radius 1 is 0.909 bits per heavy atom. The van der Waals surface area contributed by atoms with Crippen molar-refractivity contribution >= 4 is 63.4 Å². The molecule has 1 aliphatic heterocycles. The van der Waals surface area contributed by atoms with Crippen LogP contribution in [0.5, 0.6) is 0 Å². The van der Waals surface area contributed by atoms with E-state index in [0.29, 0.717) is 17.3 Å². The Kier molecular flexibility index (Phi) is 5.54. The number of carbonyl (C=O) groups is 2. The number of hydrogen-bond acceptors (Lipinski definition) is 3. The van der Waals surface area contributed by atoms with Gasteiger partial charge in [-0.25, -0.2) is 0 Å². The first-order chi connectivity index (χ1) is 16.0. The van der Waals surface area contributed by atoms with Crippen LogP contribution in [0.1, 0.15) is 11.1 Å². The minimum absolute atomic E-state index is 0.0150. The van der Waals surface area contributed by atoms with Gasteiger partial charge in [-0.2, -0.15) is 0 Å².